The third kappa shape index (κ3) is 4.74. The zero-order chi connectivity index (χ0) is 26.7. The molecule has 0 amide bonds. The first kappa shape index (κ1) is 23.9. The van der Waals surface area contributed by atoms with Gasteiger partial charge in [0, 0.05) is 40.9 Å². The van der Waals surface area contributed by atoms with Crippen LogP contribution < -0.4 is 0 Å². The maximum absolute atomic E-state index is 5.20. The van der Waals surface area contributed by atoms with Crippen molar-refractivity contribution in [1.29, 1.82) is 0 Å². The molecular weight excluding hydrogens is 486 g/mol. The van der Waals surface area contributed by atoms with Crippen molar-refractivity contribution in [3.05, 3.63) is 163 Å². The maximum atomic E-state index is 5.20. The number of hydrogen-bond donors (Lipinski definition) is 0. The summed E-state index contributed by atoms with van der Waals surface area (Å²) in [6.45, 7) is 0. The van der Waals surface area contributed by atoms with Gasteiger partial charge in [-0.25, -0.2) is 9.97 Å². The molecule has 40 heavy (non-hydrogen) atoms. The van der Waals surface area contributed by atoms with Gasteiger partial charge in [-0.2, -0.15) is 0 Å². The molecule has 0 N–H and O–H groups in total. The van der Waals surface area contributed by atoms with E-state index in [2.05, 4.69) is 132 Å². The van der Waals surface area contributed by atoms with E-state index in [1.165, 1.54) is 16.7 Å². The summed E-state index contributed by atoms with van der Waals surface area (Å²) in [5.74, 6) is 1.10. The maximum Gasteiger partial charge on any atom is 0.137 e. The molecule has 5 aromatic rings. The van der Waals surface area contributed by atoms with Gasteiger partial charge >= 0.3 is 0 Å². The van der Waals surface area contributed by atoms with Crippen LogP contribution in [0.1, 0.15) is 11.7 Å². The molecule has 2 atom stereocenters. The molecule has 0 aliphatic heterocycles. The Bertz CT molecular complexity index is 1700. The minimum atomic E-state index is 0.0544. The van der Waals surface area contributed by atoms with E-state index in [1.807, 2.05) is 18.3 Å². The number of nitrogens with zero attached hydrogens (tertiary/aromatic N) is 3. The molecule has 3 heteroatoms. The predicted molar refractivity (Wildman–Crippen MR) is 163 cm³/mol. The molecule has 0 radical (unpaired) electrons. The molecule has 0 saturated heterocycles. The lowest BCUT2D eigenvalue weighted by Crippen LogP contribution is -2.17. The Hall–Kier alpha value is -5.15. The number of pyridine rings is 1. The number of rotatable bonds is 5. The van der Waals surface area contributed by atoms with Crippen molar-refractivity contribution < 1.29 is 0 Å². The summed E-state index contributed by atoms with van der Waals surface area (Å²) < 4.78 is 0. The van der Waals surface area contributed by atoms with Crippen LogP contribution in [0.4, 0.5) is 0 Å². The summed E-state index contributed by atoms with van der Waals surface area (Å²) in [7, 11) is 0. The van der Waals surface area contributed by atoms with Crippen LogP contribution in [-0.2, 0) is 0 Å². The van der Waals surface area contributed by atoms with Crippen molar-refractivity contribution >= 4 is 0 Å². The summed E-state index contributed by atoms with van der Waals surface area (Å²) >= 11 is 0. The summed E-state index contributed by atoms with van der Waals surface area (Å²) in [5.41, 5.74) is 9.80. The SMILES string of the molecule is C1=CC2=CC=CC(c3nc(-c4cccc(-c5ccccc5)c4)cc(-c4cccc(-c5cccnc5)c4)n3)C2C=C1. The highest BCUT2D eigenvalue weighted by atomic mass is 14.9. The monoisotopic (exact) mass is 513 g/mol. The second kappa shape index (κ2) is 10.5. The average Bonchev–Trinajstić information content (AvgIpc) is 3.05. The van der Waals surface area contributed by atoms with Gasteiger partial charge < -0.3 is 0 Å². The van der Waals surface area contributed by atoms with E-state index in [1.54, 1.807) is 6.20 Å². The fourth-order valence-electron chi connectivity index (χ4n) is 5.51. The normalized spacial score (nSPS) is 17.4. The predicted octanol–water partition coefficient (Wildman–Crippen LogP) is 8.86. The van der Waals surface area contributed by atoms with E-state index in [-0.39, 0.29) is 11.8 Å². The Morgan fingerprint density at radius 3 is 1.88 bits per heavy atom. The van der Waals surface area contributed by atoms with Crippen molar-refractivity contribution in [2.45, 2.75) is 5.92 Å². The van der Waals surface area contributed by atoms with Gasteiger partial charge in [-0.1, -0.05) is 115 Å². The van der Waals surface area contributed by atoms with Gasteiger partial charge in [-0.05, 0) is 46.5 Å². The number of aromatic nitrogens is 3. The minimum absolute atomic E-state index is 0.0544. The molecule has 0 spiro atoms. The van der Waals surface area contributed by atoms with E-state index in [0.29, 0.717) is 0 Å². The molecule has 2 aliphatic rings. The lowest BCUT2D eigenvalue weighted by molar-refractivity contribution is 0.633. The van der Waals surface area contributed by atoms with Gasteiger partial charge in [-0.3, -0.25) is 4.98 Å². The first-order chi connectivity index (χ1) is 19.8. The molecule has 0 saturated carbocycles. The van der Waals surface area contributed by atoms with Crippen molar-refractivity contribution in [3.63, 3.8) is 0 Å². The lowest BCUT2D eigenvalue weighted by atomic mass is 9.79. The van der Waals surface area contributed by atoms with Gasteiger partial charge in [0.05, 0.1) is 11.4 Å². The van der Waals surface area contributed by atoms with E-state index in [4.69, 9.17) is 9.97 Å². The van der Waals surface area contributed by atoms with Crippen LogP contribution in [0.5, 0.6) is 0 Å². The van der Waals surface area contributed by atoms with Crippen LogP contribution in [0.3, 0.4) is 0 Å². The third-order valence-electron chi connectivity index (χ3n) is 7.56. The molecule has 0 fully saturated rings. The van der Waals surface area contributed by atoms with E-state index in [9.17, 15) is 0 Å². The molecule has 2 unspecified atom stereocenters. The largest absolute Gasteiger partial charge is 0.264 e. The van der Waals surface area contributed by atoms with E-state index >= 15 is 0 Å². The fourth-order valence-corrected chi connectivity index (χ4v) is 5.51. The molecule has 0 bridgehead atoms. The second-order valence-electron chi connectivity index (χ2n) is 10.1. The standard InChI is InChI=1S/C37H27N3/c1-2-10-26(11-3-1)28-14-6-16-30(22-28)35-24-36(31-17-7-15-29(23-31)32-18-9-21-38-25-32)40-37(39-35)34-20-8-13-27-12-4-5-19-33(27)34/h1-25,33-34H. The quantitative estimate of drug-likeness (QED) is 0.236. The van der Waals surface area contributed by atoms with E-state index in [0.717, 1.165) is 39.5 Å². The Balaban J connectivity index is 1.37. The number of hydrogen-bond acceptors (Lipinski definition) is 3. The lowest BCUT2D eigenvalue weighted by Gasteiger charge is -2.27. The zero-order valence-corrected chi connectivity index (χ0v) is 21.9. The van der Waals surface area contributed by atoms with Crippen LogP contribution in [0.15, 0.2) is 158 Å². The molecule has 3 aromatic carbocycles. The minimum Gasteiger partial charge on any atom is -0.264 e. The molecule has 3 nitrogen and oxygen atoms in total. The van der Waals surface area contributed by atoms with Crippen molar-refractivity contribution in [3.8, 4) is 44.8 Å². The van der Waals surface area contributed by atoms with Gasteiger partial charge in [0.1, 0.15) is 5.82 Å². The Labute approximate surface area is 234 Å². The molecule has 190 valence electrons. The number of fused-ring (bicyclic) bond motifs is 1. The van der Waals surface area contributed by atoms with Crippen LogP contribution >= 0.6 is 0 Å². The number of benzene rings is 3. The summed E-state index contributed by atoms with van der Waals surface area (Å²) in [5, 5.41) is 0. The van der Waals surface area contributed by atoms with Crippen LogP contribution in [-0.4, -0.2) is 15.0 Å². The third-order valence-corrected chi connectivity index (χ3v) is 7.56. The zero-order valence-electron chi connectivity index (χ0n) is 21.9. The van der Waals surface area contributed by atoms with Gasteiger partial charge in [0.2, 0.25) is 0 Å². The highest BCUT2D eigenvalue weighted by Gasteiger charge is 2.27. The van der Waals surface area contributed by atoms with Gasteiger partial charge in [0.25, 0.3) is 0 Å². The first-order valence-corrected chi connectivity index (χ1v) is 13.6. The van der Waals surface area contributed by atoms with Crippen molar-refractivity contribution in [2.75, 3.05) is 0 Å². The average molecular weight is 514 g/mol. The van der Waals surface area contributed by atoms with E-state index < -0.39 is 0 Å². The highest BCUT2D eigenvalue weighted by Crippen LogP contribution is 2.38. The van der Waals surface area contributed by atoms with Crippen LogP contribution in [0.2, 0.25) is 0 Å². The van der Waals surface area contributed by atoms with Crippen molar-refractivity contribution in [2.24, 2.45) is 5.92 Å². The van der Waals surface area contributed by atoms with Crippen molar-refractivity contribution in [1.82, 2.24) is 15.0 Å². The van der Waals surface area contributed by atoms with Gasteiger partial charge in [-0.15, -0.1) is 0 Å². The molecule has 2 heterocycles. The molecular formula is C37H27N3. The summed E-state index contributed by atoms with van der Waals surface area (Å²) in [6.07, 6.45) is 18.9. The Kier molecular flexibility index (Phi) is 6.31. The Morgan fingerprint density at radius 1 is 0.500 bits per heavy atom. The smallest absolute Gasteiger partial charge is 0.137 e. The first-order valence-electron chi connectivity index (χ1n) is 13.6. The Morgan fingerprint density at radius 2 is 1.15 bits per heavy atom. The molecule has 7 rings (SSSR count). The van der Waals surface area contributed by atoms with Crippen LogP contribution in [0.25, 0.3) is 44.8 Å². The van der Waals surface area contributed by atoms with Gasteiger partial charge in [0.15, 0.2) is 0 Å². The number of allylic oxidation sites excluding steroid dienone is 8. The second-order valence-corrected chi connectivity index (χ2v) is 10.1. The fraction of sp³-hybridized carbons (Fsp3) is 0.0541. The highest BCUT2D eigenvalue weighted by molar-refractivity contribution is 5.76. The molecule has 2 aliphatic carbocycles. The topological polar surface area (TPSA) is 38.7 Å². The molecule has 2 aromatic heterocycles. The summed E-state index contributed by atoms with van der Waals surface area (Å²) in [6, 6.07) is 33.8. The van der Waals surface area contributed by atoms with Crippen LogP contribution in [0, 0.1) is 5.92 Å². The summed E-state index contributed by atoms with van der Waals surface area (Å²) in [4.78, 5) is 14.7.